The Hall–Kier alpha value is -1.38. The van der Waals surface area contributed by atoms with Gasteiger partial charge in [-0.1, -0.05) is 19.1 Å². The molecule has 2 N–H and O–H groups in total. The molecule has 0 amide bonds. The van der Waals surface area contributed by atoms with Gasteiger partial charge in [0.1, 0.15) is 5.82 Å². The Kier molecular flexibility index (Phi) is 9.71. The second-order valence-electron chi connectivity index (χ2n) is 4.81. The zero-order valence-electron chi connectivity index (χ0n) is 13.3. The highest BCUT2D eigenvalue weighted by Crippen LogP contribution is 2.08. The van der Waals surface area contributed by atoms with Gasteiger partial charge in [0.05, 0.1) is 13.0 Å². The van der Waals surface area contributed by atoms with Crippen LogP contribution in [0.25, 0.3) is 0 Å². The number of hydrogen-bond acceptors (Lipinski definition) is 3. The summed E-state index contributed by atoms with van der Waals surface area (Å²) in [4.78, 5) is 15.4. The average molecular weight is 423 g/mol. The first-order valence-corrected chi connectivity index (χ1v) is 6.75. The molecule has 1 rings (SSSR count). The monoisotopic (exact) mass is 423 g/mol. The second kappa shape index (κ2) is 10.4. The van der Waals surface area contributed by atoms with E-state index in [1.165, 1.54) is 13.2 Å². The molecule has 0 bridgehead atoms. The minimum Gasteiger partial charge on any atom is -0.469 e. The molecule has 0 aliphatic heterocycles. The molecule has 0 radical (unpaired) electrons. The Balaban J connectivity index is 0.00000441. The van der Waals surface area contributed by atoms with Crippen LogP contribution < -0.4 is 10.6 Å². The minimum absolute atomic E-state index is 0. The van der Waals surface area contributed by atoms with Gasteiger partial charge < -0.3 is 15.4 Å². The number of methoxy groups -OCH3 is 1. The Morgan fingerprint density at radius 1 is 1.41 bits per heavy atom. The number of halogens is 2. The number of nitrogens with one attached hydrogen (secondary N) is 2. The largest absolute Gasteiger partial charge is 0.469 e. The molecule has 5 nitrogen and oxygen atoms in total. The number of benzene rings is 1. The predicted molar refractivity (Wildman–Crippen MR) is 95.9 cm³/mol. The minimum atomic E-state index is -0.271. The number of esters is 1. The fraction of sp³-hybridized carbons (Fsp3) is 0.467. The van der Waals surface area contributed by atoms with Gasteiger partial charge in [-0.15, -0.1) is 24.0 Å². The lowest BCUT2D eigenvalue weighted by molar-refractivity contribution is -0.144. The summed E-state index contributed by atoms with van der Waals surface area (Å²) in [5.41, 5.74) is 1.56. The molecule has 1 atom stereocenters. The van der Waals surface area contributed by atoms with Crippen LogP contribution in [0.15, 0.2) is 23.2 Å². The van der Waals surface area contributed by atoms with Crippen molar-refractivity contribution < 1.29 is 13.9 Å². The molecule has 0 aromatic heterocycles. The fourth-order valence-electron chi connectivity index (χ4n) is 1.76. The van der Waals surface area contributed by atoms with Gasteiger partial charge in [-0.05, 0) is 24.1 Å². The van der Waals surface area contributed by atoms with Crippen molar-refractivity contribution in [3.8, 4) is 0 Å². The van der Waals surface area contributed by atoms with Crippen LogP contribution in [0.3, 0.4) is 0 Å². The third kappa shape index (κ3) is 6.59. The number of nitrogens with zero attached hydrogens (tertiary/aromatic N) is 1. The zero-order valence-corrected chi connectivity index (χ0v) is 15.6. The highest BCUT2D eigenvalue weighted by Gasteiger charge is 2.13. The van der Waals surface area contributed by atoms with E-state index in [4.69, 9.17) is 0 Å². The number of aliphatic imine (C=N–C) groups is 1. The maximum absolute atomic E-state index is 13.2. The van der Waals surface area contributed by atoms with Crippen molar-refractivity contribution >= 4 is 35.9 Å². The lowest BCUT2D eigenvalue weighted by Gasteiger charge is -2.15. The molecule has 0 spiro atoms. The third-order valence-corrected chi connectivity index (χ3v) is 3.09. The topological polar surface area (TPSA) is 62.7 Å². The van der Waals surface area contributed by atoms with E-state index in [2.05, 4.69) is 20.4 Å². The molecule has 0 aliphatic rings. The van der Waals surface area contributed by atoms with Crippen molar-refractivity contribution in [1.29, 1.82) is 0 Å². The first-order valence-electron chi connectivity index (χ1n) is 6.75. The number of hydrogen-bond donors (Lipinski definition) is 2. The summed E-state index contributed by atoms with van der Waals surface area (Å²) in [6, 6.07) is 4.95. The van der Waals surface area contributed by atoms with E-state index in [0.29, 0.717) is 24.6 Å². The van der Waals surface area contributed by atoms with E-state index in [9.17, 15) is 9.18 Å². The van der Waals surface area contributed by atoms with E-state index in [0.717, 1.165) is 5.56 Å². The zero-order chi connectivity index (χ0) is 15.8. The molecule has 0 saturated heterocycles. The molecule has 22 heavy (non-hydrogen) atoms. The Bertz CT molecular complexity index is 524. The second-order valence-corrected chi connectivity index (χ2v) is 4.81. The molecule has 1 unspecified atom stereocenters. The van der Waals surface area contributed by atoms with Crippen LogP contribution in [-0.4, -0.2) is 32.6 Å². The summed E-state index contributed by atoms with van der Waals surface area (Å²) in [5, 5.41) is 6.15. The lowest BCUT2D eigenvalue weighted by atomic mass is 10.1. The molecule has 1 aromatic rings. The summed E-state index contributed by atoms with van der Waals surface area (Å²) >= 11 is 0. The van der Waals surface area contributed by atoms with Crippen LogP contribution in [0.4, 0.5) is 4.39 Å². The highest BCUT2D eigenvalue weighted by atomic mass is 127. The van der Waals surface area contributed by atoms with Crippen molar-refractivity contribution in [3.05, 3.63) is 35.1 Å². The van der Waals surface area contributed by atoms with E-state index in [1.54, 1.807) is 33.0 Å². The van der Waals surface area contributed by atoms with Crippen molar-refractivity contribution in [1.82, 2.24) is 10.6 Å². The van der Waals surface area contributed by atoms with Gasteiger partial charge in [-0.25, -0.2) is 4.39 Å². The quantitative estimate of drug-likeness (QED) is 0.330. The molecule has 0 heterocycles. The molecule has 0 saturated carbocycles. The Labute approximate surface area is 147 Å². The van der Waals surface area contributed by atoms with Crippen molar-refractivity contribution in [2.45, 2.75) is 20.4 Å². The fourth-order valence-corrected chi connectivity index (χ4v) is 1.76. The molecular formula is C15H23FIN3O2. The van der Waals surface area contributed by atoms with Gasteiger partial charge in [0.25, 0.3) is 0 Å². The Morgan fingerprint density at radius 3 is 2.64 bits per heavy atom. The number of rotatable bonds is 5. The van der Waals surface area contributed by atoms with Crippen molar-refractivity contribution in [3.63, 3.8) is 0 Å². The lowest BCUT2D eigenvalue weighted by Crippen LogP contribution is -2.40. The smallest absolute Gasteiger partial charge is 0.310 e. The standard InChI is InChI=1S/C15H22FN3O2.HI/c1-10-7-12(5-6-13(10)16)9-19-15(17-3)18-8-11(2)14(20)21-4;/h5-7,11H,8-9H2,1-4H3,(H2,17,18,19);1H. The molecule has 1 aromatic carbocycles. The maximum atomic E-state index is 13.2. The van der Waals surface area contributed by atoms with Crippen LogP contribution in [0, 0.1) is 18.7 Å². The van der Waals surface area contributed by atoms with Crippen LogP contribution in [0.5, 0.6) is 0 Å². The highest BCUT2D eigenvalue weighted by molar-refractivity contribution is 14.0. The Morgan fingerprint density at radius 2 is 2.09 bits per heavy atom. The molecular weight excluding hydrogens is 400 g/mol. The third-order valence-electron chi connectivity index (χ3n) is 3.09. The van der Waals surface area contributed by atoms with E-state index in [-0.39, 0.29) is 41.7 Å². The van der Waals surface area contributed by atoms with Crippen LogP contribution in [0.1, 0.15) is 18.1 Å². The summed E-state index contributed by atoms with van der Waals surface area (Å²) in [6.07, 6.45) is 0. The van der Waals surface area contributed by atoms with Gasteiger partial charge in [-0.2, -0.15) is 0 Å². The van der Waals surface area contributed by atoms with Crippen molar-refractivity contribution in [2.75, 3.05) is 20.7 Å². The molecule has 0 aliphatic carbocycles. The first-order chi connectivity index (χ1) is 9.97. The maximum Gasteiger partial charge on any atom is 0.310 e. The van der Waals surface area contributed by atoms with Crippen molar-refractivity contribution in [2.24, 2.45) is 10.9 Å². The number of carbonyl (C=O) groups excluding carboxylic acids is 1. The number of carbonyl (C=O) groups is 1. The summed E-state index contributed by atoms with van der Waals surface area (Å²) < 4.78 is 17.8. The van der Waals surface area contributed by atoms with Gasteiger partial charge in [0, 0.05) is 20.1 Å². The van der Waals surface area contributed by atoms with Gasteiger partial charge >= 0.3 is 5.97 Å². The predicted octanol–water partition coefficient (Wildman–Crippen LogP) is 2.23. The SMILES string of the molecule is CN=C(NCc1ccc(F)c(C)c1)NCC(C)C(=O)OC.I. The van der Waals surface area contributed by atoms with Crippen LogP contribution >= 0.6 is 24.0 Å². The summed E-state index contributed by atoms with van der Waals surface area (Å²) in [7, 11) is 3.01. The molecule has 7 heteroatoms. The van der Waals surface area contributed by atoms with Gasteiger partial charge in [-0.3, -0.25) is 9.79 Å². The number of aryl methyl sites for hydroxylation is 1. The average Bonchev–Trinajstić information content (AvgIpc) is 2.49. The van der Waals surface area contributed by atoms with E-state index >= 15 is 0 Å². The molecule has 0 fully saturated rings. The molecule has 124 valence electrons. The number of guanidine groups is 1. The van der Waals surface area contributed by atoms with Gasteiger partial charge in [0.15, 0.2) is 5.96 Å². The van der Waals surface area contributed by atoms with Gasteiger partial charge in [0.2, 0.25) is 0 Å². The summed E-state index contributed by atoms with van der Waals surface area (Å²) in [5.74, 6) is -0.172. The summed E-state index contributed by atoms with van der Waals surface area (Å²) in [6.45, 7) is 4.45. The first kappa shape index (κ1) is 20.6. The van der Waals surface area contributed by atoms with Crippen LogP contribution in [0.2, 0.25) is 0 Å². The van der Waals surface area contributed by atoms with E-state index in [1.807, 2.05) is 0 Å². The van der Waals surface area contributed by atoms with E-state index < -0.39 is 0 Å². The van der Waals surface area contributed by atoms with Crippen LogP contribution in [-0.2, 0) is 16.1 Å². The number of ether oxygens (including phenoxy) is 1. The normalized spacial score (nSPS) is 12.1.